The Morgan fingerprint density at radius 3 is 2.64 bits per heavy atom. The minimum absolute atomic E-state index is 0. The average Bonchev–Trinajstić information content (AvgIpc) is 3.22. The number of nitrogens with zero attached hydrogens (tertiary/aromatic N) is 3. The second-order valence-corrected chi connectivity index (χ2v) is 8.57. The van der Waals surface area contributed by atoms with Gasteiger partial charge in [-0.3, -0.25) is 4.79 Å². The second-order valence-electron chi connectivity index (χ2n) is 8.57. The average molecular weight is 472 g/mol. The van der Waals surface area contributed by atoms with Crippen LogP contribution in [-0.2, 0) is 11.3 Å². The van der Waals surface area contributed by atoms with Gasteiger partial charge in [0.05, 0.1) is 28.9 Å². The van der Waals surface area contributed by atoms with Gasteiger partial charge in [-0.1, -0.05) is 30.7 Å². The number of rotatable bonds is 7. The van der Waals surface area contributed by atoms with Crippen LogP contribution in [0.4, 0.5) is 5.69 Å². The van der Waals surface area contributed by atoms with Gasteiger partial charge in [0, 0.05) is 32.0 Å². The van der Waals surface area contributed by atoms with Crippen molar-refractivity contribution in [3.05, 3.63) is 52.8 Å². The van der Waals surface area contributed by atoms with Crippen molar-refractivity contribution in [2.75, 3.05) is 18.5 Å². The van der Waals surface area contributed by atoms with E-state index in [2.05, 4.69) is 59.7 Å². The summed E-state index contributed by atoms with van der Waals surface area (Å²) in [6.07, 6.45) is 6.12. The minimum atomic E-state index is -0.120. The van der Waals surface area contributed by atoms with E-state index in [-0.39, 0.29) is 30.4 Å². The van der Waals surface area contributed by atoms with Gasteiger partial charge in [-0.05, 0) is 51.2 Å². The predicted molar refractivity (Wildman–Crippen MR) is 134 cm³/mol. The third-order valence-corrected chi connectivity index (χ3v) is 6.29. The molecule has 3 aromatic rings. The maximum Gasteiger partial charge on any atom is 0.255 e. The lowest BCUT2D eigenvalue weighted by atomic mass is 9.97. The van der Waals surface area contributed by atoms with Crippen LogP contribution in [0, 0.1) is 13.8 Å². The standard InChI is InChI=1S/C25H33N5O2.ClH/c1-5-22(19-8-7-16(3)13-17(19)4)29-25(31)21-14-26-24-20(15-27-30(24)6-2)23(21)28-18-9-11-32-12-10-18;/h7-8,13-15,18,22H,5-6,9-12H2,1-4H3,(H,26,28)(H,29,31);1H. The molecule has 33 heavy (non-hydrogen) atoms. The Hall–Kier alpha value is -2.64. The van der Waals surface area contributed by atoms with E-state index in [1.54, 1.807) is 6.20 Å². The first-order valence-electron chi connectivity index (χ1n) is 11.6. The first-order chi connectivity index (χ1) is 15.5. The van der Waals surface area contributed by atoms with Gasteiger partial charge in [-0.25, -0.2) is 9.67 Å². The molecule has 0 saturated carbocycles. The molecule has 1 aromatic carbocycles. The van der Waals surface area contributed by atoms with E-state index >= 15 is 0 Å². The highest BCUT2D eigenvalue weighted by atomic mass is 35.5. The number of halogens is 1. The number of hydrogen-bond acceptors (Lipinski definition) is 5. The number of pyridine rings is 1. The molecular formula is C25H34ClN5O2. The van der Waals surface area contributed by atoms with Gasteiger partial charge in [-0.15, -0.1) is 12.4 Å². The van der Waals surface area contributed by atoms with Gasteiger partial charge in [0.25, 0.3) is 5.91 Å². The number of amides is 1. The Kier molecular flexibility index (Phi) is 8.32. The van der Waals surface area contributed by atoms with Crippen molar-refractivity contribution in [2.24, 2.45) is 0 Å². The summed E-state index contributed by atoms with van der Waals surface area (Å²) in [5.41, 5.74) is 5.73. The fourth-order valence-corrected chi connectivity index (χ4v) is 4.48. The fourth-order valence-electron chi connectivity index (χ4n) is 4.48. The highest BCUT2D eigenvalue weighted by molar-refractivity contribution is 6.06. The molecule has 7 nitrogen and oxygen atoms in total. The summed E-state index contributed by atoms with van der Waals surface area (Å²) in [6.45, 7) is 10.5. The highest BCUT2D eigenvalue weighted by Crippen LogP contribution is 2.29. The van der Waals surface area contributed by atoms with Crippen molar-refractivity contribution in [2.45, 2.75) is 65.6 Å². The normalized spacial score (nSPS) is 15.2. The smallest absolute Gasteiger partial charge is 0.255 e. The fraction of sp³-hybridized carbons (Fsp3) is 0.480. The van der Waals surface area contributed by atoms with E-state index in [4.69, 9.17) is 4.74 Å². The van der Waals surface area contributed by atoms with Gasteiger partial charge in [0.2, 0.25) is 0 Å². The predicted octanol–water partition coefficient (Wildman–Crippen LogP) is 4.96. The van der Waals surface area contributed by atoms with Crippen LogP contribution in [0.1, 0.15) is 66.2 Å². The van der Waals surface area contributed by atoms with Gasteiger partial charge in [0.15, 0.2) is 5.65 Å². The summed E-state index contributed by atoms with van der Waals surface area (Å²) in [6, 6.07) is 6.57. The first kappa shape index (κ1) is 25.0. The largest absolute Gasteiger partial charge is 0.381 e. The maximum atomic E-state index is 13.5. The van der Waals surface area contributed by atoms with Crippen LogP contribution in [0.15, 0.2) is 30.6 Å². The molecule has 1 aliphatic heterocycles. The molecule has 1 amide bonds. The third kappa shape index (κ3) is 5.31. The Bertz CT molecular complexity index is 1110. The number of aryl methyl sites for hydroxylation is 3. The number of aromatic nitrogens is 3. The zero-order chi connectivity index (χ0) is 22.7. The molecule has 2 aromatic heterocycles. The number of fused-ring (bicyclic) bond motifs is 1. The van der Waals surface area contributed by atoms with Crippen molar-refractivity contribution in [1.29, 1.82) is 0 Å². The molecule has 0 spiro atoms. The van der Waals surface area contributed by atoms with Crippen LogP contribution in [-0.4, -0.2) is 39.9 Å². The number of ether oxygens (including phenoxy) is 1. The van der Waals surface area contributed by atoms with Crippen molar-refractivity contribution in [1.82, 2.24) is 20.1 Å². The minimum Gasteiger partial charge on any atom is -0.381 e. The van der Waals surface area contributed by atoms with Crippen molar-refractivity contribution in [3.8, 4) is 0 Å². The van der Waals surface area contributed by atoms with Gasteiger partial charge >= 0.3 is 0 Å². The van der Waals surface area contributed by atoms with E-state index in [0.717, 1.165) is 61.3 Å². The summed E-state index contributed by atoms with van der Waals surface area (Å²) >= 11 is 0. The number of carbonyl (C=O) groups is 1. The quantitative estimate of drug-likeness (QED) is 0.509. The Morgan fingerprint density at radius 1 is 1.21 bits per heavy atom. The van der Waals surface area contributed by atoms with Gasteiger partial charge in [0.1, 0.15) is 0 Å². The molecule has 0 radical (unpaired) electrons. The van der Waals surface area contributed by atoms with E-state index in [9.17, 15) is 4.79 Å². The molecule has 1 unspecified atom stereocenters. The SMILES string of the molecule is CCC(NC(=O)c1cnc2c(cnn2CC)c1NC1CCOCC1)c1ccc(C)cc1C.Cl. The lowest BCUT2D eigenvalue weighted by Crippen LogP contribution is -2.32. The Labute approximate surface area is 201 Å². The van der Waals surface area contributed by atoms with Crippen LogP contribution in [0.3, 0.4) is 0 Å². The van der Waals surface area contributed by atoms with Crippen molar-refractivity contribution >= 4 is 35.0 Å². The molecule has 1 atom stereocenters. The molecule has 2 N–H and O–H groups in total. The Balaban J connectivity index is 0.00000306. The van der Waals surface area contributed by atoms with E-state index in [0.29, 0.717) is 5.56 Å². The summed E-state index contributed by atoms with van der Waals surface area (Å²) in [7, 11) is 0. The van der Waals surface area contributed by atoms with Gasteiger partial charge in [-0.2, -0.15) is 5.10 Å². The molecule has 0 aliphatic carbocycles. The molecule has 0 bridgehead atoms. The topological polar surface area (TPSA) is 81.1 Å². The lowest BCUT2D eigenvalue weighted by Gasteiger charge is -2.26. The number of hydrogen-bond donors (Lipinski definition) is 2. The zero-order valence-corrected chi connectivity index (χ0v) is 20.7. The van der Waals surface area contributed by atoms with Gasteiger partial charge < -0.3 is 15.4 Å². The van der Waals surface area contributed by atoms with Crippen LogP contribution in [0.25, 0.3) is 11.0 Å². The summed E-state index contributed by atoms with van der Waals surface area (Å²) in [5, 5.41) is 12.2. The number of nitrogens with one attached hydrogen (secondary N) is 2. The van der Waals surface area contributed by atoms with E-state index < -0.39 is 0 Å². The van der Waals surface area contributed by atoms with Crippen LogP contribution in [0.5, 0.6) is 0 Å². The molecule has 1 fully saturated rings. The maximum absolute atomic E-state index is 13.5. The zero-order valence-electron chi connectivity index (χ0n) is 19.9. The number of anilines is 1. The van der Waals surface area contributed by atoms with Crippen molar-refractivity contribution < 1.29 is 9.53 Å². The second kappa shape index (κ2) is 11.0. The molecule has 178 valence electrons. The van der Waals surface area contributed by atoms with Crippen LogP contribution in [0.2, 0.25) is 0 Å². The molecule has 3 heterocycles. The van der Waals surface area contributed by atoms with Crippen LogP contribution < -0.4 is 10.6 Å². The third-order valence-electron chi connectivity index (χ3n) is 6.29. The Morgan fingerprint density at radius 2 is 1.97 bits per heavy atom. The van der Waals surface area contributed by atoms with Crippen molar-refractivity contribution in [3.63, 3.8) is 0 Å². The molecule has 1 saturated heterocycles. The van der Waals surface area contributed by atoms with Crippen LogP contribution >= 0.6 is 12.4 Å². The molecule has 8 heteroatoms. The first-order valence-corrected chi connectivity index (χ1v) is 11.6. The van der Waals surface area contributed by atoms with E-state index in [1.807, 2.05) is 17.8 Å². The summed E-state index contributed by atoms with van der Waals surface area (Å²) in [4.78, 5) is 18.1. The molecular weight excluding hydrogens is 438 g/mol. The molecule has 1 aliphatic rings. The number of carbonyl (C=O) groups excluding carboxylic acids is 1. The van der Waals surface area contributed by atoms with E-state index in [1.165, 1.54) is 11.1 Å². The summed E-state index contributed by atoms with van der Waals surface area (Å²) in [5.74, 6) is -0.120. The lowest BCUT2D eigenvalue weighted by molar-refractivity contribution is 0.0903. The highest BCUT2D eigenvalue weighted by Gasteiger charge is 2.24. The number of benzene rings is 1. The summed E-state index contributed by atoms with van der Waals surface area (Å²) < 4.78 is 7.37. The monoisotopic (exact) mass is 471 g/mol. The molecule has 4 rings (SSSR count).